The van der Waals surface area contributed by atoms with E-state index in [1.165, 1.54) is 6.07 Å². The Morgan fingerprint density at radius 3 is 2.06 bits per heavy atom. The highest BCUT2D eigenvalue weighted by atomic mass is 16.5. The van der Waals surface area contributed by atoms with Crippen LogP contribution in [-0.2, 0) is 15.9 Å². The zero-order valence-electron chi connectivity index (χ0n) is 18.4. The molecule has 3 aromatic carbocycles. The van der Waals surface area contributed by atoms with Gasteiger partial charge in [0.25, 0.3) is 0 Å². The Morgan fingerprint density at radius 1 is 0.848 bits per heavy atom. The number of nitrogens with zero attached hydrogens (tertiary/aromatic N) is 1. The highest BCUT2D eigenvalue weighted by molar-refractivity contribution is 6.59. The molecule has 0 aliphatic heterocycles. The molecule has 0 bridgehead atoms. The van der Waals surface area contributed by atoms with Crippen LogP contribution in [0, 0.1) is 0 Å². The molecule has 3 aromatic rings. The molecule has 0 fully saturated rings. The number of aliphatic hydroxyl groups excluding tert-OH is 1. The number of aliphatic imine (C=N–C) groups is 1. The summed E-state index contributed by atoms with van der Waals surface area (Å²) in [5.41, 5.74) is 2.88. The fourth-order valence-electron chi connectivity index (χ4n) is 4.07. The number of esters is 2. The van der Waals surface area contributed by atoms with Crippen LogP contribution in [0.5, 0.6) is 0 Å². The van der Waals surface area contributed by atoms with E-state index in [9.17, 15) is 19.5 Å². The number of carbonyl (C=O) groups is 3. The smallest absolute Gasteiger partial charge is 0.338 e. The van der Waals surface area contributed by atoms with Crippen LogP contribution in [0.1, 0.15) is 56.0 Å². The monoisotopic (exact) mass is 445 g/mol. The van der Waals surface area contributed by atoms with E-state index in [1.807, 2.05) is 18.2 Å². The molecule has 0 amide bonds. The average Bonchev–Trinajstić information content (AvgIpc) is 3.08. The van der Waals surface area contributed by atoms with Gasteiger partial charge >= 0.3 is 11.9 Å². The van der Waals surface area contributed by atoms with Gasteiger partial charge in [0.05, 0.1) is 30.0 Å². The second-order valence-corrected chi connectivity index (χ2v) is 7.40. The molecule has 1 aliphatic carbocycles. The first kappa shape index (κ1) is 22.4. The average molecular weight is 445 g/mol. The summed E-state index contributed by atoms with van der Waals surface area (Å²) in [5.74, 6) is -1.47. The van der Waals surface area contributed by atoms with Crippen molar-refractivity contribution in [2.24, 2.45) is 4.99 Å². The van der Waals surface area contributed by atoms with Gasteiger partial charge < -0.3 is 14.6 Å². The maximum atomic E-state index is 13.4. The lowest BCUT2D eigenvalue weighted by Crippen LogP contribution is -2.11. The van der Waals surface area contributed by atoms with Gasteiger partial charge in [-0.1, -0.05) is 24.3 Å². The third-order valence-electron chi connectivity index (χ3n) is 5.47. The number of Topliss-reactive ketones (excluding diaryl/α,β-unsaturated/α-hetero) is 1. The van der Waals surface area contributed by atoms with Gasteiger partial charge in [0.1, 0.15) is 5.71 Å². The number of para-hydroxylation sites is 1. The molecule has 0 atom stereocenters. The predicted octanol–water partition coefficient (Wildman–Crippen LogP) is 4.05. The molecule has 4 rings (SSSR count). The van der Waals surface area contributed by atoms with Crippen LogP contribution >= 0.6 is 0 Å². The largest absolute Gasteiger partial charge is 0.462 e. The van der Waals surface area contributed by atoms with Crippen LogP contribution in [0.2, 0.25) is 0 Å². The first-order valence-electron chi connectivity index (χ1n) is 10.8. The van der Waals surface area contributed by atoms with Crippen molar-refractivity contribution in [2.45, 2.75) is 20.3 Å². The second kappa shape index (κ2) is 9.34. The van der Waals surface area contributed by atoms with Gasteiger partial charge in [0.2, 0.25) is 5.78 Å². The first-order chi connectivity index (χ1) is 16.0. The predicted molar refractivity (Wildman–Crippen MR) is 124 cm³/mol. The van der Waals surface area contributed by atoms with E-state index in [4.69, 9.17) is 9.47 Å². The van der Waals surface area contributed by atoms with Gasteiger partial charge in [-0.3, -0.25) is 4.79 Å². The number of hydrogen-bond acceptors (Lipinski definition) is 7. The first-order valence-corrected chi connectivity index (χ1v) is 10.8. The molecular weight excluding hydrogens is 422 g/mol. The second-order valence-electron chi connectivity index (χ2n) is 7.40. The van der Waals surface area contributed by atoms with Crippen molar-refractivity contribution >= 4 is 39.9 Å². The molecule has 7 heteroatoms. The Hall–Kier alpha value is -3.84. The maximum Gasteiger partial charge on any atom is 0.338 e. The molecule has 1 aliphatic rings. The topological polar surface area (TPSA) is 102 Å². The number of hydrogen-bond donors (Lipinski definition) is 1. The Kier molecular flexibility index (Phi) is 6.33. The number of rotatable bonds is 7. The van der Waals surface area contributed by atoms with E-state index in [-0.39, 0.29) is 42.4 Å². The summed E-state index contributed by atoms with van der Waals surface area (Å²) in [4.78, 5) is 43.4. The van der Waals surface area contributed by atoms with Gasteiger partial charge in [-0.2, -0.15) is 0 Å². The van der Waals surface area contributed by atoms with Gasteiger partial charge in [-0.25, -0.2) is 14.6 Å². The lowest BCUT2D eigenvalue weighted by Gasteiger charge is -2.12. The summed E-state index contributed by atoms with van der Waals surface area (Å²) in [6.45, 7) is 3.69. The lowest BCUT2D eigenvalue weighted by molar-refractivity contribution is 0.0527. The number of aliphatic hydroxyl groups is 1. The fourth-order valence-corrected chi connectivity index (χ4v) is 4.07. The van der Waals surface area contributed by atoms with Crippen molar-refractivity contribution in [2.75, 3.05) is 19.8 Å². The molecule has 0 saturated heterocycles. The normalized spacial score (nSPS) is 13.5. The molecule has 0 spiro atoms. The van der Waals surface area contributed by atoms with Crippen LogP contribution in [0.4, 0.5) is 5.69 Å². The van der Waals surface area contributed by atoms with Crippen molar-refractivity contribution in [3.05, 3.63) is 76.3 Å². The summed E-state index contributed by atoms with van der Waals surface area (Å²) in [6, 6.07) is 13.6. The molecular formula is C26H23NO6. The molecule has 0 radical (unpaired) electrons. The summed E-state index contributed by atoms with van der Waals surface area (Å²) >= 11 is 0. The minimum Gasteiger partial charge on any atom is -0.462 e. The third-order valence-corrected chi connectivity index (χ3v) is 5.47. The molecule has 0 heterocycles. The molecule has 0 aromatic heterocycles. The SMILES string of the molecule is CCOC(=O)c1ccc2c3c(ccc(C(=O)OCC)c13)/C(=N/c1ccccc1CCO)C2=O. The highest BCUT2D eigenvalue weighted by Crippen LogP contribution is 2.37. The molecule has 0 saturated carbocycles. The minimum atomic E-state index is -0.585. The quantitative estimate of drug-likeness (QED) is 0.551. The van der Waals surface area contributed by atoms with E-state index >= 15 is 0 Å². The van der Waals surface area contributed by atoms with Crippen LogP contribution in [0.15, 0.2) is 53.5 Å². The zero-order valence-corrected chi connectivity index (χ0v) is 18.4. The third kappa shape index (κ3) is 3.91. The van der Waals surface area contributed by atoms with E-state index in [1.54, 1.807) is 38.1 Å². The van der Waals surface area contributed by atoms with Crippen molar-refractivity contribution in [1.29, 1.82) is 0 Å². The van der Waals surface area contributed by atoms with Crippen LogP contribution < -0.4 is 0 Å². The Balaban J connectivity index is 1.99. The number of ether oxygens (including phenoxy) is 2. The molecule has 0 unspecified atom stereocenters. The van der Waals surface area contributed by atoms with E-state index in [0.717, 1.165) is 5.56 Å². The lowest BCUT2D eigenvalue weighted by atomic mass is 9.95. The van der Waals surface area contributed by atoms with Gasteiger partial charge in [0.15, 0.2) is 0 Å². The molecule has 33 heavy (non-hydrogen) atoms. The Bertz CT molecular complexity index is 1280. The molecule has 7 nitrogen and oxygen atoms in total. The molecule has 1 N–H and O–H groups in total. The fraction of sp³-hybridized carbons (Fsp3) is 0.231. The van der Waals surface area contributed by atoms with Crippen LogP contribution in [-0.4, -0.2) is 48.4 Å². The number of carbonyl (C=O) groups excluding carboxylic acids is 3. The minimum absolute atomic E-state index is 0.0442. The molecule has 168 valence electrons. The number of benzene rings is 3. The van der Waals surface area contributed by atoms with E-state index < -0.39 is 11.9 Å². The van der Waals surface area contributed by atoms with Crippen LogP contribution in [0.3, 0.4) is 0 Å². The van der Waals surface area contributed by atoms with Crippen molar-refractivity contribution in [3.8, 4) is 0 Å². The van der Waals surface area contributed by atoms with Gasteiger partial charge in [-0.05, 0) is 50.1 Å². The van der Waals surface area contributed by atoms with Crippen molar-refractivity contribution < 1.29 is 29.0 Å². The summed E-state index contributed by atoms with van der Waals surface area (Å²) in [7, 11) is 0. The maximum absolute atomic E-state index is 13.4. The zero-order chi connectivity index (χ0) is 23.5. The van der Waals surface area contributed by atoms with E-state index in [2.05, 4.69) is 4.99 Å². The van der Waals surface area contributed by atoms with Gasteiger partial charge in [0, 0.05) is 28.5 Å². The van der Waals surface area contributed by atoms with Gasteiger partial charge in [-0.15, -0.1) is 0 Å². The van der Waals surface area contributed by atoms with Crippen LogP contribution in [0.25, 0.3) is 10.8 Å². The Labute approximate surface area is 190 Å². The standard InChI is InChI=1S/C26H23NO6/c1-3-32-25(30)18-11-9-16-21-17(10-12-19(22(18)21)26(31)33-4-2)24(29)23(16)27-20-8-6-5-7-15(20)13-14-28/h5-12,28H,3-4,13-14H2,1-2H3/b27-23-. The summed E-state index contributed by atoms with van der Waals surface area (Å²) in [5, 5.41) is 10.2. The summed E-state index contributed by atoms with van der Waals surface area (Å²) in [6.07, 6.45) is 0.401. The van der Waals surface area contributed by atoms with Crippen molar-refractivity contribution in [1.82, 2.24) is 0 Å². The van der Waals surface area contributed by atoms with Crippen molar-refractivity contribution in [3.63, 3.8) is 0 Å². The Morgan fingerprint density at radius 2 is 1.45 bits per heavy atom. The highest BCUT2D eigenvalue weighted by Gasteiger charge is 2.33. The number of ketones is 1. The van der Waals surface area contributed by atoms with E-state index in [0.29, 0.717) is 34.0 Å². The summed E-state index contributed by atoms with van der Waals surface area (Å²) < 4.78 is 10.4.